The minimum atomic E-state index is -3.68. The zero-order valence-electron chi connectivity index (χ0n) is 15.4. The molecule has 1 aromatic carbocycles. The fourth-order valence-corrected chi connectivity index (χ4v) is 5.12. The topological polar surface area (TPSA) is 108 Å². The Kier molecular flexibility index (Phi) is 6.85. The predicted molar refractivity (Wildman–Crippen MR) is 98.8 cm³/mol. The van der Waals surface area contributed by atoms with Crippen molar-refractivity contribution >= 4 is 10.0 Å². The molecule has 0 aromatic heterocycles. The maximum absolute atomic E-state index is 12.5. The number of hydrogen-bond donors (Lipinski definition) is 3. The molecule has 5 unspecified atom stereocenters. The van der Waals surface area contributed by atoms with Crippen molar-refractivity contribution < 1.29 is 28.1 Å². The van der Waals surface area contributed by atoms with Gasteiger partial charge in [-0.1, -0.05) is 18.2 Å². The van der Waals surface area contributed by atoms with Gasteiger partial charge in [-0.2, -0.15) is 0 Å². The number of aliphatic hydroxyl groups is 2. The highest BCUT2D eigenvalue weighted by Gasteiger charge is 2.49. The summed E-state index contributed by atoms with van der Waals surface area (Å²) >= 11 is 0. The highest BCUT2D eigenvalue weighted by atomic mass is 32.2. The lowest BCUT2D eigenvalue weighted by molar-refractivity contribution is -0.0201. The largest absolute Gasteiger partial charge is 0.394 e. The number of rotatable bonds is 8. The van der Waals surface area contributed by atoms with Gasteiger partial charge >= 0.3 is 0 Å². The Hall–Kier alpha value is -1.07. The molecular formula is C18H28N2O6S. The average Bonchev–Trinajstić information content (AvgIpc) is 3.24. The molecule has 9 heteroatoms. The lowest BCUT2D eigenvalue weighted by Gasteiger charge is -2.34. The SMILES string of the molecule is COCC1CCCN1C1C(CNS(=O)(=O)c2ccccc2)OC(CO)C1O. The van der Waals surface area contributed by atoms with Crippen LogP contribution in [-0.4, -0.2) is 87.3 Å². The highest BCUT2D eigenvalue weighted by molar-refractivity contribution is 7.89. The first-order valence-electron chi connectivity index (χ1n) is 9.21. The lowest BCUT2D eigenvalue weighted by atomic mass is 10.0. The van der Waals surface area contributed by atoms with E-state index in [1.54, 1.807) is 25.3 Å². The van der Waals surface area contributed by atoms with E-state index in [2.05, 4.69) is 9.62 Å². The maximum atomic E-state index is 12.5. The van der Waals surface area contributed by atoms with Gasteiger partial charge in [0.2, 0.25) is 10.0 Å². The summed E-state index contributed by atoms with van der Waals surface area (Å²) in [6.45, 7) is 1.02. The smallest absolute Gasteiger partial charge is 0.240 e. The molecule has 27 heavy (non-hydrogen) atoms. The van der Waals surface area contributed by atoms with Crippen molar-refractivity contribution in [3.8, 4) is 0 Å². The van der Waals surface area contributed by atoms with Crippen LogP contribution < -0.4 is 4.72 Å². The van der Waals surface area contributed by atoms with Crippen molar-refractivity contribution in [2.75, 3.05) is 33.4 Å². The molecule has 5 atom stereocenters. The summed E-state index contributed by atoms with van der Waals surface area (Å²) in [4.78, 5) is 2.31. The van der Waals surface area contributed by atoms with Crippen LogP contribution in [0.5, 0.6) is 0 Å². The zero-order valence-corrected chi connectivity index (χ0v) is 16.2. The third kappa shape index (κ3) is 4.51. The fraction of sp³-hybridized carbons (Fsp3) is 0.667. The summed E-state index contributed by atoms with van der Waals surface area (Å²) in [6.07, 6.45) is -0.260. The second kappa shape index (κ2) is 8.95. The first-order valence-corrected chi connectivity index (χ1v) is 10.7. The number of benzene rings is 1. The van der Waals surface area contributed by atoms with Crippen LogP contribution >= 0.6 is 0 Å². The van der Waals surface area contributed by atoms with E-state index in [0.29, 0.717) is 6.61 Å². The van der Waals surface area contributed by atoms with Gasteiger partial charge < -0.3 is 19.7 Å². The van der Waals surface area contributed by atoms with Crippen LogP contribution in [0.25, 0.3) is 0 Å². The van der Waals surface area contributed by atoms with Crippen molar-refractivity contribution in [3.63, 3.8) is 0 Å². The normalized spacial score (nSPS) is 32.2. The van der Waals surface area contributed by atoms with E-state index >= 15 is 0 Å². The Morgan fingerprint density at radius 2 is 2.04 bits per heavy atom. The summed E-state index contributed by atoms with van der Waals surface area (Å²) in [7, 11) is -2.04. The van der Waals surface area contributed by atoms with Crippen LogP contribution in [0.15, 0.2) is 35.2 Å². The number of aliphatic hydroxyl groups excluding tert-OH is 2. The summed E-state index contributed by atoms with van der Waals surface area (Å²) in [5.41, 5.74) is 0. The molecule has 2 heterocycles. The maximum Gasteiger partial charge on any atom is 0.240 e. The second-order valence-electron chi connectivity index (χ2n) is 7.03. The Balaban J connectivity index is 1.74. The summed E-state index contributed by atoms with van der Waals surface area (Å²) in [5, 5.41) is 20.2. The first kappa shape index (κ1) is 20.7. The van der Waals surface area contributed by atoms with E-state index in [1.165, 1.54) is 12.1 Å². The van der Waals surface area contributed by atoms with E-state index in [-0.39, 0.29) is 24.1 Å². The molecule has 2 fully saturated rings. The predicted octanol–water partition coefficient (Wildman–Crippen LogP) is -0.435. The third-order valence-corrected chi connectivity index (χ3v) is 6.77. The minimum absolute atomic E-state index is 0.0195. The van der Waals surface area contributed by atoms with Crippen LogP contribution in [0.1, 0.15) is 12.8 Å². The molecule has 0 bridgehead atoms. The van der Waals surface area contributed by atoms with Crippen molar-refractivity contribution in [3.05, 3.63) is 30.3 Å². The molecule has 0 radical (unpaired) electrons. The number of ether oxygens (including phenoxy) is 2. The fourth-order valence-electron chi connectivity index (χ4n) is 4.05. The van der Waals surface area contributed by atoms with Crippen molar-refractivity contribution in [1.29, 1.82) is 0 Å². The molecule has 2 aliphatic heterocycles. The summed E-state index contributed by atoms with van der Waals surface area (Å²) < 4.78 is 38.7. The number of hydrogen-bond acceptors (Lipinski definition) is 7. The van der Waals surface area contributed by atoms with Crippen LogP contribution in [0.2, 0.25) is 0 Å². The van der Waals surface area contributed by atoms with Gasteiger partial charge in [0.15, 0.2) is 0 Å². The number of likely N-dealkylation sites (tertiary alicyclic amines) is 1. The second-order valence-corrected chi connectivity index (χ2v) is 8.80. The van der Waals surface area contributed by atoms with Crippen LogP contribution in [0.4, 0.5) is 0 Å². The van der Waals surface area contributed by atoms with E-state index in [0.717, 1.165) is 19.4 Å². The first-order chi connectivity index (χ1) is 13.0. The van der Waals surface area contributed by atoms with Gasteiger partial charge in [-0.05, 0) is 31.5 Å². The van der Waals surface area contributed by atoms with Gasteiger partial charge in [0.05, 0.1) is 30.3 Å². The number of sulfonamides is 1. The lowest BCUT2D eigenvalue weighted by Crippen LogP contribution is -2.53. The van der Waals surface area contributed by atoms with E-state index in [1.807, 2.05) is 0 Å². The molecule has 2 saturated heterocycles. The molecule has 8 nitrogen and oxygen atoms in total. The van der Waals surface area contributed by atoms with Gasteiger partial charge in [-0.25, -0.2) is 13.1 Å². The van der Waals surface area contributed by atoms with Gasteiger partial charge in [0.1, 0.15) is 12.2 Å². The number of methoxy groups -OCH3 is 1. The monoisotopic (exact) mass is 400 g/mol. The Labute approximate surface area is 160 Å². The summed E-state index contributed by atoms with van der Waals surface area (Å²) in [5.74, 6) is 0. The molecule has 3 rings (SSSR count). The van der Waals surface area contributed by atoms with Gasteiger partial charge in [-0.3, -0.25) is 4.90 Å². The molecule has 2 aliphatic rings. The third-order valence-electron chi connectivity index (χ3n) is 5.33. The van der Waals surface area contributed by atoms with Crippen molar-refractivity contribution in [2.45, 2.75) is 48.1 Å². The minimum Gasteiger partial charge on any atom is -0.394 e. The molecule has 1 aromatic rings. The molecule has 0 spiro atoms. The molecule has 152 valence electrons. The highest BCUT2D eigenvalue weighted by Crippen LogP contribution is 2.31. The zero-order chi connectivity index (χ0) is 19.4. The quantitative estimate of drug-likeness (QED) is 0.543. The van der Waals surface area contributed by atoms with E-state index in [4.69, 9.17) is 9.47 Å². The molecule has 3 N–H and O–H groups in total. The van der Waals surface area contributed by atoms with E-state index in [9.17, 15) is 18.6 Å². The van der Waals surface area contributed by atoms with Crippen molar-refractivity contribution in [1.82, 2.24) is 9.62 Å². The van der Waals surface area contributed by atoms with Crippen molar-refractivity contribution in [2.24, 2.45) is 0 Å². The van der Waals surface area contributed by atoms with Crippen LogP contribution in [-0.2, 0) is 19.5 Å². The molecular weight excluding hydrogens is 372 g/mol. The molecule has 0 aliphatic carbocycles. The standard InChI is InChI=1S/C18H28N2O6S/c1-25-12-13-6-5-9-20(13)17-15(26-16(11-21)18(17)22)10-19-27(23,24)14-7-3-2-4-8-14/h2-4,7-8,13,15-19,21-22H,5-6,9-12H2,1H3. The van der Waals surface area contributed by atoms with Crippen LogP contribution in [0.3, 0.4) is 0 Å². The average molecular weight is 400 g/mol. The number of nitrogens with one attached hydrogen (secondary N) is 1. The van der Waals surface area contributed by atoms with Gasteiger partial charge in [0, 0.05) is 19.7 Å². The van der Waals surface area contributed by atoms with Gasteiger partial charge in [0.25, 0.3) is 0 Å². The van der Waals surface area contributed by atoms with Gasteiger partial charge in [-0.15, -0.1) is 0 Å². The summed E-state index contributed by atoms with van der Waals surface area (Å²) in [6, 6.07) is 7.86. The van der Waals surface area contributed by atoms with Crippen LogP contribution in [0, 0.1) is 0 Å². The number of nitrogens with zero attached hydrogens (tertiary/aromatic N) is 1. The Bertz CT molecular complexity index is 701. The molecule has 0 saturated carbocycles. The Morgan fingerprint density at radius 3 is 2.70 bits per heavy atom. The molecule has 0 amide bonds. The van der Waals surface area contributed by atoms with E-state index < -0.39 is 34.4 Å². The Morgan fingerprint density at radius 1 is 1.30 bits per heavy atom.